The van der Waals surface area contributed by atoms with Gasteiger partial charge >= 0.3 is 6.09 Å². The number of hydrogen-bond acceptors (Lipinski definition) is 10. The van der Waals surface area contributed by atoms with E-state index in [4.69, 9.17) is 20.9 Å². The fraction of sp³-hybridized carbons (Fsp3) is 0.348. The van der Waals surface area contributed by atoms with Crippen LogP contribution in [0, 0.1) is 17.0 Å². The number of nitro groups is 1. The van der Waals surface area contributed by atoms with E-state index in [2.05, 4.69) is 10.1 Å². The summed E-state index contributed by atoms with van der Waals surface area (Å²) in [6, 6.07) is 10.9. The van der Waals surface area contributed by atoms with Crippen LogP contribution < -0.4 is 4.90 Å². The van der Waals surface area contributed by atoms with Crippen molar-refractivity contribution in [1.29, 1.82) is 0 Å². The molecule has 3 aromatic rings. The summed E-state index contributed by atoms with van der Waals surface area (Å²) < 4.78 is 38.1. The van der Waals surface area contributed by atoms with Gasteiger partial charge in [-0.25, -0.2) is 13.2 Å². The molecule has 5 rings (SSSR count). The van der Waals surface area contributed by atoms with E-state index in [-0.39, 0.29) is 18.1 Å². The first-order valence-electron chi connectivity index (χ1n) is 11.7. The fourth-order valence-electron chi connectivity index (χ4n) is 4.50. The van der Waals surface area contributed by atoms with E-state index in [1.165, 1.54) is 21.3 Å². The number of sulfonamides is 1. The summed E-state index contributed by atoms with van der Waals surface area (Å²) in [5.41, 5.74) is 0.863. The highest BCUT2D eigenvalue weighted by atomic mass is 35.5. The number of anilines is 1. The second-order valence-electron chi connectivity index (χ2n) is 8.85. The quantitative estimate of drug-likeness (QED) is 0.310. The van der Waals surface area contributed by atoms with Crippen molar-refractivity contribution in [3.05, 3.63) is 63.5 Å². The van der Waals surface area contributed by atoms with Gasteiger partial charge in [0.25, 0.3) is 15.7 Å². The minimum Gasteiger partial charge on any atom is -0.443 e. The molecule has 2 aliphatic heterocycles. The number of aryl methyl sites for hydroxylation is 1. The zero-order valence-electron chi connectivity index (χ0n) is 20.2. The van der Waals surface area contributed by atoms with Gasteiger partial charge in [-0.2, -0.15) is 9.29 Å². The van der Waals surface area contributed by atoms with Crippen molar-refractivity contribution in [2.75, 3.05) is 44.2 Å². The van der Waals surface area contributed by atoms with Crippen LogP contribution in [0.5, 0.6) is 0 Å². The summed E-state index contributed by atoms with van der Waals surface area (Å²) >= 11 is 6.05. The molecule has 1 atom stereocenters. The van der Waals surface area contributed by atoms with E-state index in [1.807, 2.05) is 4.90 Å². The Kier molecular flexibility index (Phi) is 7.05. The Morgan fingerprint density at radius 2 is 1.84 bits per heavy atom. The Labute approximate surface area is 222 Å². The largest absolute Gasteiger partial charge is 0.443 e. The topological polar surface area (TPSA) is 152 Å². The average Bonchev–Trinajstić information content (AvgIpc) is 3.49. The minimum absolute atomic E-state index is 0.117. The molecule has 13 nitrogen and oxygen atoms in total. The van der Waals surface area contributed by atoms with Gasteiger partial charge in [-0.15, -0.1) is 0 Å². The van der Waals surface area contributed by atoms with Crippen LogP contribution in [0.15, 0.2) is 51.9 Å². The smallest absolute Gasteiger partial charge is 0.414 e. The SMILES string of the molecule is Cc1nc(-c2ccc(N3CC(CN4CCN(S(=O)(=O)c5c(Cl)cccc5[N+](=O)[O-])CC4)OC3=O)cc2)no1. The van der Waals surface area contributed by atoms with Gasteiger partial charge in [-0.05, 0) is 30.3 Å². The van der Waals surface area contributed by atoms with Crippen molar-refractivity contribution in [3.63, 3.8) is 0 Å². The normalized spacial score (nSPS) is 19.1. The van der Waals surface area contributed by atoms with Gasteiger partial charge in [0.05, 0.1) is 16.5 Å². The first-order chi connectivity index (χ1) is 18.1. The van der Waals surface area contributed by atoms with E-state index in [9.17, 15) is 23.3 Å². The van der Waals surface area contributed by atoms with Crippen LogP contribution in [-0.4, -0.2) is 84.2 Å². The van der Waals surface area contributed by atoms with Gasteiger partial charge in [0, 0.05) is 57.0 Å². The van der Waals surface area contributed by atoms with Crippen LogP contribution in [0.2, 0.25) is 5.02 Å². The van der Waals surface area contributed by atoms with Crippen molar-refractivity contribution in [2.45, 2.75) is 17.9 Å². The predicted molar refractivity (Wildman–Crippen MR) is 135 cm³/mol. The van der Waals surface area contributed by atoms with Gasteiger partial charge < -0.3 is 9.26 Å². The first-order valence-corrected chi connectivity index (χ1v) is 13.5. The third-order valence-corrected chi connectivity index (χ3v) is 8.79. The Balaban J connectivity index is 1.19. The fourth-order valence-corrected chi connectivity index (χ4v) is 6.59. The summed E-state index contributed by atoms with van der Waals surface area (Å²) in [7, 11) is -4.17. The molecular formula is C23H23ClN6O7S. The van der Waals surface area contributed by atoms with Crippen LogP contribution in [0.3, 0.4) is 0 Å². The number of ether oxygens (including phenoxy) is 1. The monoisotopic (exact) mass is 562 g/mol. The second kappa shape index (κ2) is 10.3. The molecule has 2 saturated heterocycles. The van der Waals surface area contributed by atoms with Gasteiger partial charge in [0.15, 0.2) is 4.90 Å². The van der Waals surface area contributed by atoms with E-state index < -0.39 is 37.7 Å². The summed E-state index contributed by atoms with van der Waals surface area (Å²) in [5.74, 6) is 0.917. The summed E-state index contributed by atoms with van der Waals surface area (Å²) in [5, 5.41) is 15.1. The van der Waals surface area contributed by atoms with Crippen molar-refractivity contribution >= 4 is 39.1 Å². The number of nitrogens with zero attached hydrogens (tertiary/aromatic N) is 6. The number of carbonyl (C=O) groups excluding carboxylic acids is 1. The molecule has 2 fully saturated rings. The summed E-state index contributed by atoms with van der Waals surface area (Å²) in [6.45, 7) is 3.42. The van der Waals surface area contributed by atoms with Gasteiger partial charge in [-0.3, -0.25) is 19.9 Å². The highest BCUT2D eigenvalue weighted by molar-refractivity contribution is 7.89. The van der Waals surface area contributed by atoms with Crippen molar-refractivity contribution < 1.29 is 27.4 Å². The third kappa shape index (κ3) is 5.07. The van der Waals surface area contributed by atoms with Gasteiger partial charge in [0.1, 0.15) is 6.10 Å². The molecule has 1 aromatic heterocycles. The molecule has 2 aliphatic rings. The average molecular weight is 563 g/mol. The lowest BCUT2D eigenvalue weighted by Crippen LogP contribution is -2.50. The molecule has 0 aliphatic carbocycles. The minimum atomic E-state index is -4.17. The van der Waals surface area contributed by atoms with Crippen LogP contribution in [0.4, 0.5) is 16.2 Å². The van der Waals surface area contributed by atoms with E-state index in [0.29, 0.717) is 43.6 Å². The molecule has 1 amide bonds. The molecular weight excluding hydrogens is 540 g/mol. The summed E-state index contributed by atoms with van der Waals surface area (Å²) in [6.07, 6.45) is -0.875. The number of benzene rings is 2. The van der Waals surface area contributed by atoms with Gasteiger partial charge in [0.2, 0.25) is 11.7 Å². The molecule has 200 valence electrons. The van der Waals surface area contributed by atoms with Crippen molar-refractivity contribution in [2.24, 2.45) is 0 Å². The maximum atomic E-state index is 13.2. The van der Waals surface area contributed by atoms with Crippen LogP contribution in [0.1, 0.15) is 5.89 Å². The van der Waals surface area contributed by atoms with Crippen molar-refractivity contribution in [1.82, 2.24) is 19.3 Å². The number of nitro benzene ring substituents is 1. The number of cyclic esters (lactones) is 1. The third-order valence-electron chi connectivity index (χ3n) is 6.37. The second-order valence-corrected chi connectivity index (χ2v) is 11.1. The lowest BCUT2D eigenvalue weighted by atomic mass is 10.2. The number of amides is 1. The van der Waals surface area contributed by atoms with Crippen LogP contribution >= 0.6 is 11.6 Å². The molecule has 1 unspecified atom stereocenters. The lowest BCUT2D eigenvalue weighted by Gasteiger charge is -2.34. The number of halogens is 1. The maximum absolute atomic E-state index is 13.2. The van der Waals surface area contributed by atoms with E-state index >= 15 is 0 Å². The highest BCUT2D eigenvalue weighted by Crippen LogP contribution is 2.33. The Bertz CT molecular complexity index is 1470. The molecule has 0 saturated carbocycles. The van der Waals surface area contributed by atoms with E-state index in [1.54, 1.807) is 31.2 Å². The molecule has 0 radical (unpaired) electrons. The van der Waals surface area contributed by atoms with E-state index in [0.717, 1.165) is 11.6 Å². The Morgan fingerprint density at radius 3 is 2.47 bits per heavy atom. The zero-order valence-corrected chi connectivity index (χ0v) is 21.8. The maximum Gasteiger partial charge on any atom is 0.414 e. The molecule has 2 aromatic carbocycles. The number of carbonyl (C=O) groups is 1. The standard InChI is InChI=1S/C23H23ClN6O7S/c1-15-25-22(26-37-15)16-5-7-17(8-6-16)29-14-18(36-23(29)31)13-27-9-11-28(12-10-27)38(34,35)21-19(24)3-2-4-20(21)30(32)33/h2-8,18H,9-14H2,1H3. The molecule has 0 N–H and O–H groups in total. The zero-order chi connectivity index (χ0) is 27.0. The molecule has 15 heteroatoms. The summed E-state index contributed by atoms with van der Waals surface area (Å²) in [4.78, 5) is 30.4. The highest BCUT2D eigenvalue weighted by Gasteiger charge is 2.38. The molecule has 0 bridgehead atoms. The number of hydrogen-bond donors (Lipinski definition) is 0. The number of rotatable bonds is 7. The van der Waals surface area contributed by atoms with Crippen molar-refractivity contribution in [3.8, 4) is 11.4 Å². The molecule has 38 heavy (non-hydrogen) atoms. The van der Waals surface area contributed by atoms with Crippen LogP contribution in [0.25, 0.3) is 11.4 Å². The Hall–Kier alpha value is -3.59. The Morgan fingerprint density at radius 1 is 1.13 bits per heavy atom. The van der Waals surface area contributed by atoms with Gasteiger partial charge in [-0.1, -0.05) is 22.8 Å². The lowest BCUT2D eigenvalue weighted by molar-refractivity contribution is -0.387. The first kappa shape index (κ1) is 26.0. The number of aromatic nitrogens is 2. The predicted octanol–water partition coefficient (Wildman–Crippen LogP) is 2.94. The number of piperazine rings is 1. The molecule has 3 heterocycles. The van der Waals surface area contributed by atoms with Crippen LogP contribution in [-0.2, 0) is 14.8 Å². The molecule has 0 spiro atoms.